The van der Waals surface area contributed by atoms with Crippen LogP contribution in [0.4, 0.5) is 18.9 Å². The van der Waals surface area contributed by atoms with E-state index >= 15 is 0 Å². The molecule has 0 saturated carbocycles. The van der Waals surface area contributed by atoms with Crippen LogP contribution in [0.3, 0.4) is 0 Å². The lowest BCUT2D eigenvalue weighted by molar-refractivity contribution is -0.137. The molecule has 0 bridgehead atoms. The Hall–Kier alpha value is -2.50. The molecule has 0 spiro atoms. The van der Waals surface area contributed by atoms with Crippen LogP contribution in [-0.4, -0.2) is 5.91 Å². The van der Waals surface area contributed by atoms with Crippen molar-refractivity contribution in [2.24, 2.45) is 0 Å². The van der Waals surface area contributed by atoms with E-state index < -0.39 is 17.9 Å². The fraction of sp³-hybridized carbons (Fsp3) is 0.133. The van der Waals surface area contributed by atoms with Gasteiger partial charge in [0.05, 0.1) is 11.1 Å². The number of para-hydroxylation sites is 1. The molecular formula is C15H11F3N2O. The molecule has 108 valence electrons. The van der Waals surface area contributed by atoms with Crippen molar-refractivity contribution in [2.75, 3.05) is 5.32 Å². The molecule has 0 saturated heterocycles. The molecule has 0 fully saturated rings. The van der Waals surface area contributed by atoms with E-state index in [4.69, 9.17) is 0 Å². The zero-order chi connectivity index (χ0) is 15.0. The highest BCUT2D eigenvalue weighted by Crippen LogP contribution is 2.32. The fourth-order valence-corrected chi connectivity index (χ4v) is 2.27. The minimum atomic E-state index is -4.41. The first kappa shape index (κ1) is 13.5. The first-order chi connectivity index (χ1) is 9.95. The number of carbonyl (C=O) groups excluding carboxylic acids is 1. The van der Waals surface area contributed by atoms with Gasteiger partial charge in [0.1, 0.15) is 6.17 Å². The van der Waals surface area contributed by atoms with E-state index in [9.17, 15) is 18.0 Å². The Kier molecular flexibility index (Phi) is 3.08. The number of benzene rings is 2. The molecule has 1 heterocycles. The van der Waals surface area contributed by atoms with Crippen molar-refractivity contribution in [3.63, 3.8) is 0 Å². The highest BCUT2D eigenvalue weighted by atomic mass is 19.4. The Balaban J connectivity index is 1.95. The SMILES string of the molecule is O=C1N[C@@H](c2cccc(C(F)(F)F)c2)Nc2ccccc21. The van der Waals surface area contributed by atoms with Crippen molar-refractivity contribution in [3.8, 4) is 0 Å². The number of rotatable bonds is 1. The molecule has 1 amide bonds. The first-order valence-electron chi connectivity index (χ1n) is 6.29. The van der Waals surface area contributed by atoms with Crippen LogP contribution in [0.25, 0.3) is 0 Å². The number of fused-ring (bicyclic) bond motifs is 1. The van der Waals surface area contributed by atoms with Crippen LogP contribution in [0.2, 0.25) is 0 Å². The number of alkyl halides is 3. The molecule has 0 unspecified atom stereocenters. The molecule has 2 aromatic rings. The zero-order valence-electron chi connectivity index (χ0n) is 10.7. The lowest BCUT2D eigenvalue weighted by atomic mass is 10.0. The largest absolute Gasteiger partial charge is 0.416 e. The molecule has 3 rings (SSSR count). The van der Waals surface area contributed by atoms with Crippen molar-refractivity contribution in [3.05, 3.63) is 65.2 Å². The molecule has 2 N–H and O–H groups in total. The molecule has 6 heteroatoms. The van der Waals surface area contributed by atoms with Crippen molar-refractivity contribution in [1.82, 2.24) is 5.32 Å². The van der Waals surface area contributed by atoms with Gasteiger partial charge in [0.25, 0.3) is 5.91 Å². The molecule has 3 nitrogen and oxygen atoms in total. The summed E-state index contributed by atoms with van der Waals surface area (Å²) in [5.41, 5.74) is 0.687. The van der Waals surface area contributed by atoms with Crippen molar-refractivity contribution in [1.29, 1.82) is 0 Å². The van der Waals surface area contributed by atoms with Crippen LogP contribution in [0.15, 0.2) is 48.5 Å². The van der Waals surface area contributed by atoms with Gasteiger partial charge < -0.3 is 10.6 Å². The third kappa shape index (κ3) is 2.56. The third-order valence-corrected chi connectivity index (χ3v) is 3.29. The standard InChI is InChI=1S/C15H11F3N2O/c16-15(17,18)10-5-3-4-9(8-10)13-19-12-7-2-1-6-11(12)14(21)20-13/h1-8,13,19H,(H,20,21)/t13-/m0/s1. The van der Waals surface area contributed by atoms with E-state index in [1.807, 2.05) is 0 Å². The Labute approximate surface area is 118 Å². The summed E-state index contributed by atoms with van der Waals surface area (Å²) in [6, 6.07) is 11.8. The number of amides is 1. The van der Waals surface area contributed by atoms with E-state index in [2.05, 4.69) is 10.6 Å². The Bertz CT molecular complexity index is 697. The van der Waals surface area contributed by atoms with Gasteiger partial charge in [-0.2, -0.15) is 13.2 Å². The van der Waals surface area contributed by atoms with Gasteiger partial charge in [-0.25, -0.2) is 0 Å². The molecular weight excluding hydrogens is 281 g/mol. The smallest absolute Gasteiger partial charge is 0.361 e. The summed E-state index contributed by atoms with van der Waals surface area (Å²) >= 11 is 0. The van der Waals surface area contributed by atoms with Crippen molar-refractivity contribution < 1.29 is 18.0 Å². The molecule has 0 radical (unpaired) electrons. The second-order valence-electron chi connectivity index (χ2n) is 4.72. The van der Waals surface area contributed by atoms with E-state index in [1.165, 1.54) is 6.07 Å². The van der Waals surface area contributed by atoms with Gasteiger partial charge in [0.2, 0.25) is 0 Å². The fourth-order valence-electron chi connectivity index (χ4n) is 2.27. The number of halogens is 3. The van der Waals surface area contributed by atoms with E-state index in [-0.39, 0.29) is 5.91 Å². The second kappa shape index (κ2) is 4.80. The minimum absolute atomic E-state index is 0.313. The molecule has 2 aromatic carbocycles. The van der Waals surface area contributed by atoms with Crippen LogP contribution in [0, 0.1) is 0 Å². The Morgan fingerprint density at radius 1 is 0.952 bits per heavy atom. The first-order valence-corrected chi connectivity index (χ1v) is 6.29. The number of nitrogens with one attached hydrogen (secondary N) is 2. The van der Waals surface area contributed by atoms with Gasteiger partial charge in [0, 0.05) is 5.69 Å². The summed E-state index contributed by atoms with van der Waals surface area (Å²) in [5, 5.41) is 5.67. The Morgan fingerprint density at radius 2 is 1.71 bits per heavy atom. The van der Waals surface area contributed by atoms with Crippen LogP contribution in [0.1, 0.15) is 27.7 Å². The monoisotopic (exact) mass is 292 g/mol. The molecule has 21 heavy (non-hydrogen) atoms. The van der Waals surface area contributed by atoms with Gasteiger partial charge in [0.15, 0.2) is 0 Å². The topological polar surface area (TPSA) is 41.1 Å². The van der Waals surface area contributed by atoms with Crippen LogP contribution in [0.5, 0.6) is 0 Å². The zero-order valence-corrected chi connectivity index (χ0v) is 10.7. The maximum atomic E-state index is 12.7. The van der Waals surface area contributed by atoms with Gasteiger partial charge in [-0.15, -0.1) is 0 Å². The van der Waals surface area contributed by atoms with Crippen LogP contribution < -0.4 is 10.6 Å². The number of anilines is 1. The summed E-state index contributed by atoms with van der Waals surface area (Å²) in [6.45, 7) is 0. The average molecular weight is 292 g/mol. The predicted octanol–water partition coefficient (Wildman–Crippen LogP) is 3.56. The quantitative estimate of drug-likeness (QED) is 0.844. The highest BCUT2D eigenvalue weighted by molar-refractivity contribution is 6.01. The summed E-state index contributed by atoms with van der Waals surface area (Å²) in [5.74, 6) is -0.313. The van der Waals surface area contributed by atoms with Gasteiger partial charge in [-0.05, 0) is 29.8 Å². The van der Waals surface area contributed by atoms with Crippen molar-refractivity contribution in [2.45, 2.75) is 12.3 Å². The predicted molar refractivity (Wildman–Crippen MR) is 71.7 cm³/mol. The van der Waals surface area contributed by atoms with Gasteiger partial charge in [-0.3, -0.25) is 4.79 Å². The number of hydrogen-bond acceptors (Lipinski definition) is 2. The maximum Gasteiger partial charge on any atom is 0.416 e. The van der Waals surface area contributed by atoms with Gasteiger partial charge in [-0.1, -0.05) is 24.3 Å². The summed E-state index contributed by atoms with van der Waals surface area (Å²) < 4.78 is 38.2. The molecule has 1 atom stereocenters. The van der Waals surface area contributed by atoms with E-state index in [0.29, 0.717) is 16.8 Å². The third-order valence-electron chi connectivity index (χ3n) is 3.29. The van der Waals surface area contributed by atoms with Crippen LogP contribution in [-0.2, 0) is 6.18 Å². The lowest BCUT2D eigenvalue weighted by Crippen LogP contribution is -2.38. The Morgan fingerprint density at radius 3 is 2.48 bits per heavy atom. The van der Waals surface area contributed by atoms with E-state index in [0.717, 1.165) is 12.1 Å². The normalized spacial score (nSPS) is 17.7. The maximum absolute atomic E-state index is 12.7. The van der Waals surface area contributed by atoms with Crippen molar-refractivity contribution >= 4 is 11.6 Å². The second-order valence-corrected chi connectivity index (χ2v) is 4.72. The number of hydrogen-bond donors (Lipinski definition) is 2. The summed E-state index contributed by atoms with van der Waals surface area (Å²) in [6.07, 6.45) is -5.10. The molecule has 1 aliphatic heterocycles. The molecule has 1 aliphatic rings. The lowest BCUT2D eigenvalue weighted by Gasteiger charge is -2.28. The highest BCUT2D eigenvalue weighted by Gasteiger charge is 2.32. The minimum Gasteiger partial charge on any atom is -0.361 e. The van der Waals surface area contributed by atoms with Gasteiger partial charge >= 0.3 is 6.18 Å². The molecule has 0 aliphatic carbocycles. The number of carbonyl (C=O) groups is 1. The summed E-state index contributed by atoms with van der Waals surface area (Å²) in [4.78, 5) is 12.0. The van der Waals surface area contributed by atoms with E-state index in [1.54, 1.807) is 30.3 Å². The summed E-state index contributed by atoms with van der Waals surface area (Å²) in [7, 11) is 0. The van der Waals surface area contributed by atoms with Crippen LogP contribution >= 0.6 is 0 Å². The average Bonchev–Trinajstić information content (AvgIpc) is 2.46. The molecule has 0 aromatic heterocycles.